The number of rotatable bonds is 6. The second-order valence-corrected chi connectivity index (χ2v) is 9.03. The minimum absolute atomic E-state index is 0.141. The van der Waals surface area contributed by atoms with E-state index in [1.54, 1.807) is 57.6 Å². The normalized spacial score (nSPS) is 15.4. The summed E-state index contributed by atoms with van der Waals surface area (Å²) in [6.45, 7) is 1.17. The molecule has 4 rings (SSSR count). The van der Waals surface area contributed by atoms with Crippen LogP contribution in [0, 0.1) is 0 Å². The van der Waals surface area contributed by atoms with Crippen LogP contribution in [0.5, 0.6) is 0 Å². The number of hydrogen-bond donors (Lipinski definition) is 1. The largest absolute Gasteiger partial charge is 0.311 e. The minimum Gasteiger partial charge on any atom is -0.311 e. The van der Waals surface area contributed by atoms with Gasteiger partial charge in [0.25, 0.3) is 0 Å². The Hall–Kier alpha value is -2.78. The molecule has 1 N–H and O–H groups in total. The van der Waals surface area contributed by atoms with Gasteiger partial charge in [0.2, 0.25) is 15.9 Å². The van der Waals surface area contributed by atoms with Crippen LogP contribution in [-0.2, 0) is 21.2 Å². The number of hydrogen-bond acceptors (Lipinski definition) is 5. The van der Waals surface area contributed by atoms with E-state index in [0.29, 0.717) is 35.9 Å². The Bertz CT molecular complexity index is 1100. The average Bonchev–Trinajstić information content (AvgIpc) is 3.23. The smallest absolute Gasteiger partial charge is 0.243 e. The molecule has 2 aromatic heterocycles. The van der Waals surface area contributed by atoms with Crippen LogP contribution in [-0.4, -0.2) is 46.3 Å². The molecule has 1 aliphatic heterocycles. The first kappa shape index (κ1) is 19.5. The van der Waals surface area contributed by atoms with Crippen molar-refractivity contribution in [1.82, 2.24) is 18.9 Å². The third-order valence-electron chi connectivity index (χ3n) is 5.07. The Morgan fingerprint density at radius 2 is 1.76 bits per heavy atom. The van der Waals surface area contributed by atoms with E-state index in [9.17, 15) is 13.2 Å². The molecule has 3 heterocycles. The molecule has 1 saturated heterocycles. The fourth-order valence-corrected chi connectivity index (χ4v) is 4.99. The predicted octanol–water partition coefficient (Wildman–Crippen LogP) is 2.48. The monoisotopic (exact) mass is 413 g/mol. The maximum atomic E-state index is 12.7. The fraction of sp³-hybridized carbons (Fsp3) is 0.350. The van der Waals surface area contributed by atoms with Gasteiger partial charge in [0.15, 0.2) is 5.65 Å². The van der Waals surface area contributed by atoms with Crippen LogP contribution < -0.4 is 5.32 Å². The van der Waals surface area contributed by atoms with Crippen LogP contribution in [0.4, 0.5) is 5.82 Å². The lowest BCUT2D eigenvalue weighted by Crippen LogP contribution is -2.35. The Morgan fingerprint density at radius 3 is 2.52 bits per heavy atom. The van der Waals surface area contributed by atoms with E-state index in [-0.39, 0.29) is 12.3 Å². The van der Waals surface area contributed by atoms with Crippen molar-refractivity contribution in [1.29, 1.82) is 0 Å². The summed E-state index contributed by atoms with van der Waals surface area (Å²) in [4.78, 5) is 16.8. The molecule has 0 aliphatic carbocycles. The van der Waals surface area contributed by atoms with Crippen LogP contribution in [0.2, 0.25) is 0 Å². The maximum Gasteiger partial charge on any atom is 0.243 e. The lowest BCUT2D eigenvalue weighted by Gasteiger charge is -2.25. The summed E-state index contributed by atoms with van der Waals surface area (Å²) in [6, 6.07) is 10.3. The van der Waals surface area contributed by atoms with Gasteiger partial charge in [-0.25, -0.2) is 13.4 Å². The van der Waals surface area contributed by atoms with Crippen molar-refractivity contribution in [3.63, 3.8) is 0 Å². The van der Waals surface area contributed by atoms with E-state index in [2.05, 4.69) is 15.4 Å². The van der Waals surface area contributed by atoms with E-state index in [0.717, 1.165) is 24.8 Å². The molecule has 1 aromatic carbocycles. The summed E-state index contributed by atoms with van der Waals surface area (Å²) in [5.74, 6) is 0.422. The number of anilines is 1. The van der Waals surface area contributed by atoms with E-state index < -0.39 is 10.0 Å². The van der Waals surface area contributed by atoms with Gasteiger partial charge < -0.3 is 5.32 Å². The van der Waals surface area contributed by atoms with Crippen LogP contribution in [0.1, 0.15) is 31.2 Å². The number of aryl methyl sites for hydroxylation is 1. The number of benzene rings is 1. The number of carbonyl (C=O) groups excluding carboxylic acids is 1. The molecular formula is C20H23N5O3S. The van der Waals surface area contributed by atoms with Crippen molar-refractivity contribution >= 4 is 27.4 Å². The zero-order valence-corrected chi connectivity index (χ0v) is 16.8. The third-order valence-corrected chi connectivity index (χ3v) is 6.99. The molecule has 0 spiro atoms. The van der Waals surface area contributed by atoms with Gasteiger partial charge in [0.1, 0.15) is 5.82 Å². The summed E-state index contributed by atoms with van der Waals surface area (Å²) in [5, 5.41) is 6.98. The minimum atomic E-state index is -3.43. The van der Waals surface area contributed by atoms with Gasteiger partial charge in [0, 0.05) is 31.8 Å². The van der Waals surface area contributed by atoms with Gasteiger partial charge in [-0.05, 0) is 43.0 Å². The standard InChI is InChI=1S/C20H23N5O3S/c26-20(23-19-10-12-21-18-11-13-22-25(18)19)9-6-16-4-7-17(8-5-16)29(27,28)24-14-2-1-3-15-24/h4-5,7-8,10-13H,1-3,6,9,14-15H2,(H,23,26). The second kappa shape index (κ2) is 8.30. The average molecular weight is 414 g/mol. The summed E-state index contributed by atoms with van der Waals surface area (Å²) in [5.41, 5.74) is 1.57. The van der Waals surface area contributed by atoms with Gasteiger partial charge in [-0.15, -0.1) is 0 Å². The first-order chi connectivity index (χ1) is 14.0. The van der Waals surface area contributed by atoms with Gasteiger partial charge in [-0.2, -0.15) is 13.9 Å². The number of nitrogens with zero attached hydrogens (tertiary/aromatic N) is 4. The van der Waals surface area contributed by atoms with Crippen molar-refractivity contribution in [3.05, 3.63) is 54.4 Å². The number of carbonyl (C=O) groups is 1. The molecule has 0 saturated carbocycles. The molecule has 29 heavy (non-hydrogen) atoms. The van der Waals surface area contributed by atoms with Crippen LogP contribution in [0.15, 0.2) is 53.7 Å². The SMILES string of the molecule is O=C(CCc1ccc(S(=O)(=O)N2CCCCC2)cc1)Nc1ccnc2ccnn12. The third kappa shape index (κ3) is 4.30. The van der Waals surface area contributed by atoms with E-state index in [1.165, 1.54) is 0 Å². The number of nitrogens with one attached hydrogen (secondary N) is 1. The highest BCUT2D eigenvalue weighted by Gasteiger charge is 2.25. The van der Waals surface area contributed by atoms with Crippen molar-refractivity contribution in [3.8, 4) is 0 Å². The molecule has 152 valence electrons. The maximum absolute atomic E-state index is 12.7. The molecule has 0 atom stereocenters. The zero-order chi connectivity index (χ0) is 20.3. The quantitative estimate of drug-likeness (QED) is 0.670. The van der Waals surface area contributed by atoms with Crippen molar-refractivity contribution in [2.75, 3.05) is 18.4 Å². The second-order valence-electron chi connectivity index (χ2n) is 7.09. The molecule has 0 bridgehead atoms. The van der Waals surface area contributed by atoms with Gasteiger partial charge in [0.05, 0.1) is 11.1 Å². The molecule has 3 aromatic rings. The highest BCUT2D eigenvalue weighted by atomic mass is 32.2. The van der Waals surface area contributed by atoms with Gasteiger partial charge in [-0.3, -0.25) is 4.79 Å². The van der Waals surface area contributed by atoms with E-state index in [1.807, 2.05) is 0 Å². The van der Waals surface area contributed by atoms with E-state index in [4.69, 9.17) is 0 Å². The molecule has 0 radical (unpaired) electrons. The Balaban J connectivity index is 1.36. The highest BCUT2D eigenvalue weighted by molar-refractivity contribution is 7.89. The summed E-state index contributed by atoms with van der Waals surface area (Å²) >= 11 is 0. The first-order valence-corrected chi connectivity index (χ1v) is 11.2. The number of piperidine rings is 1. The van der Waals surface area contributed by atoms with Crippen LogP contribution in [0.25, 0.3) is 5.65 Å². The predicted molar refractivity (Wildman–Crippen MR) is 109 cm³/mol. The van der Waals surface area contributed by atoms with Crippen molar-refractivity contribution in [2.24, 2.45) is 0 Å². The van der Waals surface area contributed by atoms with Gasteiger partial charge in [-0.1, -0.05) is 18.6 Å². The van der Waals surface area contributed by atoms with E-state index >= 15 is 0 Å². The highest BCUT2D eigenvalue weighted by Crippen LogP contribution is 2.21. The molecule has 9 heteroatoms. The molecule has 1 aliphatic rings. The lowest BCUT2D eigenvalue weighted by atomic mass is 10.1. The van der Waals surface area contributed by atoms with Gasteiger partial charge >= 0.3 is 0 Å². The van der Waals surface area contributed by atoms with Crippen molar-refractivity contribution < 1.29 is 13.2 Å². The summed E-state index contributed by atoms with van der Waals surface area (Å²) < 4.78 is 28.5. The Morgan fingerprint density at radius 1 is 1.00 bits per heavy atom. The summed E-state index contributed by atoms with van der Waals surface area (Å²) in [7, 11) is -3.43. The van der Waals surface area contributed by atoms with Crippen LogP contribution in [0.3, 0.4) is 0 Å². The lowest BCUT2D eigenvalue weighted by molar-refractivity contribution is -0.116. The fourth-order valence-electron chi connectivity index (χ4n) is 3.47. The number of fused-ring (bicyclic) bond motifs is 1. The topological polar surface area (TPSA) is 96.7 Å². The molecule has 1 fully saturated rings. The first-order valence-electron chi connectivity index (χ1n) is 9.72. The van der Waals surface area contributed by atoms with Crippen molar-refractivity contribution in [2.45, 2.75) is 37.0 Å². The summed E-state index contributed by atoms with van der Waals surface area (Å²) in [6.07, 6.45) is 6.94. The number of amides is 1. The number of sulfonamides is 1. The van der Waals surface area contributed by atoms with Crippen LogP contribution >= 0.6 is 0 Å². The Labute approximate surface area is 169 Å². The molecule has 8 nitrogen and oxygen atoms in total. The molecule has 0 unspecified atom stereocenters. The Kier molecular flexibility index (Phi) is 5.59. The molecular weight excluding hydrogens is 390 g/mol. The zero-order valence-electron chi connectivity index (χ0n) is 16.0. The molecule has 1 amide bonds. The number of aromatic nitrogens is 3.